The van der Waals surface area contributed by atoms with E-state index >= 15 is 0 Å². The summed E-state index contributed by atoms with van der Waals surface area (Å²) < 4.78 is 20.5. The van der Waals surface area contributed by atoms with Crippen molar-refractivity contribution in [2.75, 3.05) is 0 Å². The van der Waals surface area contributed by atoms with E-state index in [2.05, 4.69) is 73.0 Å². The summed E-state index contributed by atoms with van der Waals surface area (Å²) in [6, 6.07) is 30.8. The molecule has 1 heterocycles. The zero-order chi connectivity index (χ0) is 26.9. The Labute approximate surface area is 230 Å². The van der Waals surface area contributed by atoms with Gasteiger partial charge in [-0.3, -0.25) is 0 Å². The number of rotatable bonds is 9. The molecule has 0 N–H and O–H groups in total. The van der Waals surface area contributed by atoms with Crippen LogP contribution in [0, 0.1) is 19.8 Å². The van der Waals surface area contributed by atoms with Crippen molar-refractivity contribution in [3.05, 3.63) is 108 Å². The van der Waals surface area contributed by atoms with Crippen molar-refractivity contribution in [1.82, 2.24) is 4.57 Å². The average molecular weight is 518 g/mol. The molecule has 39 heavy (non-hydrogen) atoms. The van der Waals surface area contributed by atoms with Crippen LogP contribution in [0.2, 0.25) is 0 Å². The van der Waals surface area contributed by atoms with Gasteiger partial charge in [0.2, 0.25) is 0 Å². The molecule has 1 saturated carbocycles. The topological polar surface area (TPSA) is 32.6 Å². The molecule has 0 bridgehead atoms. The first-order chi connectivity index (χ1) is 18.9. The third-order valence-electron chi connectivity index (χ3n) is 7.28. The third kappa shape index (κ3) is 5.65. The first-order valence-corrected chi connectivity index (χ1v) is 13.9. The minimum absolute atomic E-state index is 0.146. The van der Waals surface area contributed by atoms with Crippen molar-refractivity contribution in [3.63, 3.8) is 0 Å². The summed E-state index contributed by atoms with van der Waals surface area (Å²) in [5.74, 6) is 4.93. The van der Waals surface area contributed by atoms with Crippen LogP contribution in [-0.2, 0) is 6.42 Å². The molecule has 6 rings (SSSR count). The zero-order valence-electron chi connectivity index (χ0n) is 23.1. The second-order valence-electron chi connectivity index (χ2n) is 10.9. The molecule has 4 aromatic carbocycles. The number of fused-ring (bicyclic) bond motifs is 1. The van der Waals surface area contributed by atoms with E-state index in [4.69, 9.17) is 14.2 Å². The van der Waals surface area contributed by atoms with Gasteiger partial charge in [0.15, 0.2) is 0 Å². The molecule has 0 aliphatic heterocycles. The number of nitrogens with zero attached hydrogens (tertiary/aromatic N) is 1. The van der Waals surface area contributed by atoms with Gasteiger partial charge in [0, 0.05) is 16.8 Å². The van der Waals surface area contributed by atoms with Crippen LogP contribution in [0.4, 0.5) is 0 Å². The second kappa shape index (κ2) is 10.5. The molecule has 0 unspecified atom stereocenters. The van der Waals surface area contributed by atoms with Gasteiger partial charge in [-0.2, -0.15) is 0 Å². The molecular weight excluding hydrogens is 482 g/mol. The number of hydrogen-bond donors (Lipinski definition) is 0. The van der Waals surface area contributed by atoms with Crippen molar-refractivity contribution >= 4 is 10.9 Å². The van der Waals surface area contributed by atoms with E-state index in [1.54, 1.807) is 0 Å². The molecule has 4 nitrogen and oxygen atoms in total. The van der Waals surface area contributed by atoms with Crippen molar-refractivity contribution in [2.24, 2.45) is 5.92 Å². The average Bonchev–Trinajstić information content (AvgIpc) is 3.71. The maximum absolute atomic E-state index is 6.25. The predicted octanol–water partition coefficient (Wildman–Crippen LogP) is 9.57. The molecule has 1 aromatic heterocycles. The molecule has 0 spiro atoms. The van der Waals surface area contributed by atoms with Gasteiger partial charge in [-0.25, -0.2) is 0 Å². The van der Waals surface area contributed by atoms with Crippen LogP contribution in [0.15, 0.2) is 91.0 Å². The maximum atomic E-state index is 6.25. The van der Waals surface area contributed by atoms with E-state index in [1.165, 1.54) is 40.6 Å². The van der Waals surface area contributed by atoms with Gasteiger partial charge in [0.25, 0.3) is 0 Å². The molecule has 1 fully saturated rings. The number of aryl methyl sites for hydroxylation is 2. The standard InChI is InChI=1S/C35H35NO3/c1-23(2)37-28-15-17-31(18-16-28)39-32-19-20-34-33(22-32)25(4)35(21-26-7-8-26)36(34)27-9-13-30(14-10-27)38-29-11-5-24(3)6-12-29/h5-6,9-20,22-23,26H,7-8,21H2,1-4H3. The number of hydrogen-bond acceptors (Lipinski definition) is 3. The first kappa shape index (κ1) is 25.1. The molecular formula is C35H35NO3. The highest BCUT2D eigenvalue weighted by Crippen LogP contribution is 2.39. The van der Waals surface area contributed by atoms with Crippen LogP contribution >= 0.6 is 0 Å². The van der Waals surface area contributed by atoms with E-state index in [9.17, 15) is 0 Å². The van der Waals surface area contributed by atoms with Gasteiger partial charge in [0.1, 0.15) is 28.7 Å². The fourth-order valence-corrected chi connectivity index (χ4v) is 5.08. The summed E-state index contributed by atoms with van der Waals surface area (Å²) in [5, 5.41) is 1.22. The fraction of sp³-hybridized carbons (Fsp3) is 0.257. The number of aromatic nitrogens is 1. The Morgan fingerprint density at radius 3 is 1.85 bits per heavy atom. The lowest BCUT2D eigenvalue weighted by atomic mass is 10.1. The monoisotopic (exact) mass is 517 g/mol. The van der Waals surface area contributed by atoms with Crippen LogP contribution in [0.25, 0.3) is 16.6 Å². The molecule has 1 aliphatic rings. The molecule has 4 heteroatoms. The summed E-state index contributed by atoms with van der Waals surface area (Å²) in [5.41, 5.74) is 6.27. The minimum Gasteiger partial charge on any atom is -0.491 e. The molecule has 5 aromatic rings. The normalized spacial score (nSPS) is 13.2. The van der Waals surface area contributed by atoms with Crippen molar-refractivity contribution in [3.8, 4) is 34.4 Å². The highest BCUT2D eigenvalue weighted by Gasteiger charge is 2.26. The first-order valence-electron chi connectivity index (χ1n) is 13.9. The van der Waals surface area contributed by atoms with Crippen molar-refractivity contribution < 1.29 is 14.2 Å². The lowest BCUT2D eigenvalue weighted by Crippen LogP contribution is -2.05. The molecule has 0 amide bonds. The second-order valence-corrected chi connectivity index (χ2v) is 10.9. The fourth-order valence-electron chi connectivity index (χ4n) is 5.08. The van der Waals surface area contributed by atoms with Crippen LogP contribution in [0.1, 0.15) is 43.5 Å². The Balaban J connectivity index is 1.30. The van der Waals surface area contributed by atoms with Crippen LogP contribution in [0.5, 0.6) is 28.7 Å². The van der Waals surface area contributed by atoms with Crippen molar-refractivity contribution in [2.45, 2.75) is 53.1 Å². The lowest BCUT2D eigenvalue weighted by Gasteiger charge is -2.13. The van der Waals surface area contributed by atoms with Gasteiger partial charge in [-0.1, -0.05) is 17.7 Å². The zero-order valence-corrected chi connectivity index (χ0v) is 23.1. The number of ether oxygens (including phenoxy) is 3. The summed E-state index contributed by atoms with van der Waals surface area (Å²) in [4.78, 5) is 0. The largest absolute Gasteiger partial charge is 0.491 e. The van der Waals surface area contributed by atoms with Gasteiger partial charge >= 0.3 is 0 Å². The van der Waals surface area contributed by atoms with Gasteiger partial charge in [-0.15, -0.1) is 0 Å². The lowest BCUT2D eigenvalue weighted by molar-refractivity contribution is 0.242. The van der Waals surface area contributed by atoms with Crippen LogP contribution < -0.4 is 14.2 Å². The molecule has 0 saturated heterocycles. The third-order valence-corrected chi connectivity index (χ3v) is 7.28. The predicted molar refractivity (Wildman–Crippen MR) is 158 cm³/mol. The van der Waals surface area contributed by atoms with Gasteiger partial charge < -0.3 is 18.8 Å². The van der Waals surface area contributed by atoms with Crippen LogP contribution in [0.3, 0.4) is 0 Å². The molecule has 0 atom stereocenters. The van der Waals surface area contributed by atoms with Gasteiger partial charge in [0.05, 0.1) is 11.6 Å². The summed E-state index contributed by atoms with van der Waals surface area (Å²) in [6.45, 7) is 8.38. The summed E-state index contributed by atoms with van der Waals surface area (Å²) in [6.07, 6.45) is 3.87. The van der Waals surface area contributed by atoms with Crippen LogP contribution in [-0.4, -0.2) is 10.7 Å². The molecule has 198 valence electrons. The number of benzene rings is 4. The molecule has 0 radical (unpaired) electrons. The smallest absolute Gasteiger partial charge is 0.128 e. The highest BCUT2D eigenvalue weighted by molar-refractivity contribution is 5.88. The van der Waals surface area contributed by atoms with E-state index in [0.717, 1.165) is 46.8 Å². The summed E-state index contributed by atoms with van der Waals surface area (Å²) >= 11 is 0. The Morgan fingerprint density at radius 1 is 0.692 bits per heavy atom. The van der Waals surface area contributed by atoms with E-state index in [-0.39, 0.29) is 6.10 Å². The minimum atomic E-state index is 0.146. The quantitative estimate of drug-likeness (QED) is 0.195. The summed E-state index contributed by atoms with van der Waals surface area (Å²) in [7, 11) is 0. The Hall–Kier alpha value is -4.18. The Morgan fingerprint density at radius 2 is 1.23 bits per heavy atom. The maximum Gasteiger partial charge on any atom is 0.128 e. The Bertz CT molecular complexity index is 1580. The van der Waals surface area contributed by atoms with Crippen molar-refractivity contribution in [1.29, 1.82) is 0 Å². The Kier molecular flexibility index (Phi) is 6.78. The molecule has 1 aliphatic carbocycles. The highest BCUT2D eigenvalue weighted by atomic mass is 16.5. The van der Waals surface area contributed by atoms with E-state index in [0.29, 0.717) is 0 Å². The van der Waals surface area contributed by atoms with E-state index in [1.807, 2.05) is 50.2 Å². The van der Waals surface area contributed by atoms with E-state index < -0.39 is 0 Å². The SMILES string of the molecule is Cc1ccc(Oc2ccc(-n3c(CC4CC4)c(C)c4cc(Oc5ccc(OC(C)C)cc5)ccc43)cc2)cc1. The van der Waals surface area contributed by atoms with Gasteiger partial charge in [-0.05, 0) is 137 Å².